The molecule has 0 aromatic carbocycles. The van der Waals surface area contributed by atoms with Gasteiger partial charge in [0.15, 0.2) is 5.82 Å². The van der Waals surface area contributed by atoms with Crippen molar-refractivity contribution in [3.63, 3.8) is 0 Å². The lowest BCUT2D eigenvalue weighted by molar-refractivity contribution is 0.0695. The molecule has 7 nitrogen and oxygen atoms in total. The summed E-state index contributed by atoms with van der Waals surface area (Å²) in [4.78, 5) is 15.1. The summed E-state index contributed by atoms with van der Waals surface area (Å²) < 4.78 is 1.92. The van der Waals surface area contributed by atoms with E-state index in [9.17, 15) is 4.79 Å². The highest BCUT2D eigenvalue weighted by Crippen LogP contribution is 2.11. The van der Waals surface area contributed by atoms with Crippen LogP contribution >= 0.6 is 0 Å². The van der Waals surface area contributed by atoms with E-state index in [1.807, 2.05) is 11.5 Å². The maximum Gasteiger partial charge on any atom is 0.337 e. The quantitative estimate of drug-likeness (QED) is 0.843. The molecule has 7 heteroatoms. The molecule has 0 fully saturated rings. The number of anilines is 1. The number of aromatic carboxylic acids is 1. The van der Waals surface area contributed by atoms with Gasteiger partial charge in [0.05, 0.1) is 17.8 Å². The third-order valence-electron chi connectivity index (χ3n) is 2.78. The van der Waals surface area contributed by atoms with E-state index in [0.717, 1.165) is 12.4 Å². The first-order valence-electron chi connectivity index (χ1n) is 5.93. The molecule has 0 aliphatic heterocycles. The predicted octanol–water partition coefficient (Wildman–Crippen LogP) is 1.31. The average molecular weight is 261 g/mol. The second-order valence-electron chi connectivity index (χ2n) is 4.02. The second kappa shape index (κ2) is 5.47. The number of nitrogens with one attached hydrogen (secondary N) is 1. The summed E-state index contributed by atoms with van der Waals surface area (Å²) in [6.07, 6.45) is 1.67. The van der Waals surface area contributed by atoms with Crippen LogP contribution in [0.3, 0.4) is 0 Å². The van der Waals surface area contributed by atoms with Crippen LogP contribution in [0.25, 0.3) is 0 Å². The maximum absolute atomic E-state index is 10.9. The van der Waals surface area contributed by atoms with Gasteiger partial charge in [-0.25, -0.2) is 9.78 Å². The molecule has 0 saturated heterocycles. The number of carboxylic acids is 1. The Labute approximate surface area is 110 Å². The number of carbonyl (C=O) groups is 1. The molecule has 0 aliphatic carbocycles. The van der Waals surface area contributed by atoms with Gasteiger partial charge in [0, 0.05) is 6.54 Å². The van der Waals surface area contributed by atoms with E-state index in [4.69, 9.17) is 5.11 Å². The predicted molar refractivity (Wildman–Crippen MR) is 69.0 cm³/mol. The Morgan fingerprint density at radius 2 is 2.26 bits per heavy atom. The first kappa shape index (κ1) is 13.0. The molecule has 2 heterocycles. The first-order chi connectivity index (χ1) is 9.11. The molecule has 0 atom stereocenters. The molecule has 0 bridgehead atoms. The fourth-order valence-corrected chi connectivity index (χ4v) is 1.74. The van der Waals surface area contributed by atoms with Gasteiger partial charge in [0.25, 0.3) is 0 Å². The fourth-order valence-electron chi connectivity index (χ4n) is 1.74. The molecule has 0 unspecified atom stereocenters. The summed E-state index contributed by atoms with van der Waals surface area (Å²) in [5.74, 6) is 0.458. The van der Waals surface area contributed by atoms with Crippen molar-refractivity contribution in [2.24, 2.45) is 0 Å². The lowest BCUT2D eigenvalue weighted by Crippen LogP contribution is -2.10. The zero-order chi connectivity index (χ0) is 13.8. The van der Waals surface area contributed by atoms with E-state index in [-0.39, 0.29) is 5.56 Å². The monoisotopic (exact) mass is 261 g/mol. The maximum atomic E-state index is 10.9. The highest BCUT2D eigenvalue weighted by Gasteiger charge is 2.09. The Balaban J connectivity index is 2.08. The highest BCUT2D eigenvalue weighted by atomic mass is 16.4. The molecule has 2 aromatic rings. The van der Waals surface area contributed by atoms with Crippen LogP contribution in [0.1, 0.15) is 28.8 Å². The SMILES string of the molecule is CCn1cnnc1CNc1ccc(C(=O)O)c(C)n1. The van der Waals surface area contributed by atoms with Crippen molar-refractivity contribution >= 4 is 11.8 Å². The minimum atomic E-state index is -0.970. The zero-order valence-corrected chi connectivity index (χ0v) is 10.8. The van der Waals surface area contributed by atoms with Crippen LogP contribution < -0.4 is 5.32 Å². The number of aromatic nitrogens is 4. The summed E-state index contributed by atoms with van der Waals surface area (Å²) >= 11 is 0. The van der Waals surface area contributed by atoms with Gasteiger partial charge >= 0.3 is 5.97 Å². The van der Waals surface area contributed by atoms with Crippen LogP contribution in [-0.2, 0) is 13.1 Å². The number of hydrogen-bond donors (Lipinski definition) is 2. The summed E-state index contributed by atoms with van der Waals surface area (Å²) in [5.41, 5.74) is 0.691. The van der Waals surface area contributed by atoms with Crippen molar-refractivity contribution in [3.05, 3.63) is 35.5 Å². The molecule has 2 N–H and O–H groups in total. The van der Waals surface area contributed by atoms with Gasteiger partial charge in [-0.2, -0.15) is 0 Å². The minimum Gasteiger partial charge on any atom is -0.478 e. The van der Waals surface area contributed by atoms with Crippen LogP contribution in [0.5, 0.6) is 0 Å². The van der Waals surface area contributed by atoms with Crippen molar-refractivity contribution in [2.45, 2.75) is 26.9 Å². The van der Waals surface area contributed by atoms with Crippen molar-refractivity contribution in [3.8, 4) is 0 Å². The Morgan fingerprint density at radius 1 is 1.47 bits per heavy atom. The molecule has 0 aliphatic rings. The lowest BCUT2D eigenvalue weighted by Gasteiger charge is -2.08. The number of hydrogen-bond acceptors (Lipinski definition) is 5. The highest BCUT2D eigenvalue weighted by molar-refractivity contribution is 5.89. The standard InChI is InChI=1S/C12H15N5O2/c1-3-17-7-14-16-11(17)6-13-10-5-4-9(12(18)19)8(2)15-10/h4-5,7H,3,6H2,1-2H3,(H,13,15)(H,18,19). The molecule has 2 rings (SSSR count). The van der Waals surface area contributed by atoms with Crippen LogP contribution in [0.4, 0.5) is 5.82 Å². The largest absolute Gasteiger partial charge is 0.478 e. The third-order valence-corrected chi connectivity index (χ3v) is 2.78. The van der Waals surface area contributed by atoms with Gasteiger partial charge in [-0.3, -0.25) is 0 Å². The summed E-state index contributed by atoms with van der Waals surface area (Å²) in [6.45, 7) is 4.97. The molecule has 100 valence electrons. The normalized spacial score (nSPS) is 10.4. The van der Waals surface area contributed by atoms with E-state index in [1.54, 1.807) is 19.3 Å². The Hall–Kier alpha value is -2.44. The van der Waals surface area contributed by atoms with E-state index in [2.05, 4.69) is 20.5 Å². The molecule has 19 heavy (non-hydrogen) atoms. The Morgan fingerprint density at radius 3 is 2.89 bits per heavy atom. The van der Waals surface area contributed by atoms with Gasteiger partial charge in [0.2, 0.25) is 0 Å². The van der Waals surface area contributed by atoms with Gasteiger partial charge in [-0.05, 0) is 26.0 Å². The first-order valence-corrected chi connectivity index (χ1v) is 5.93. The van der Waals surface area contributed by atoms with Gasteiger partial charge in [-0.1, -0.05) is 0 Å². The fraction of sp³-hybridized carbons (Fsp3) is 0.333. The van der Waals surface area contributed by atoms with Crippen molar-refractivity contribution < 1.29 is 9.90 Å². The van der Waals surface area contributed by atoms with Crippen molar-refractivity contribution in [2.75, 3.05) is 5.32 Å². The van der Waals surface area contributed by atoms with E-state index in [1.165, 1.54) is 6.07 Å². The Kier molecular flexibility index (Phi) is 3.74. The second-order valence-corrected chi connectivity index (χ2v) is 4.02. The van der Waals surface area contributed by atoms with E-state index in [0.29, 0.717) is 18.1 Å². The molecule has 0 amide bonds. The van der Waals surface area contributed by atoms with E-state index < -0.39 is 5.97 Å². The van der Waals surface area contributed by atoms with Gasteiger partial charge < -0.3 is 15.0 Å². The van der Waals surface area contributed by atoms with Crippen LogP contribution in [0, 0.1) is 6.92 Å². The number of rotatable bonds is 5. The van der Waals surface area contributed by atoms with Crippen LogP contribution in [0.2, 0.25) is 0 Å². The molecular formula is C12H15N5O2. The summed E-state index contributed by atoms with van der Waals surface area (Å²) in [6, 6.07) is 3.18. The molecule has 0 spiro atoms. The minimum absolute atomic E-state index is 0.210. The van der Waals surface area contributed by atoms with Gasteiger partial charge in [-0.15, -0.1) is 10.2 Å². The smallest absolute Gasteiger partial charge is 0.337 e. The van der Waals surface area contributed by atoms with Crippen LogP contribution in [0.15, 0.2) is 18.5 Å². The van der Waals surface area contributed by atoms with E-state index >= 15 is 0 Å². The molecule has 0 saturated carbocycles. The number of aryl methyl sites for hydroxylation is 2. The van der Waals surface area contributed by atoms with Gasteiger partial charge in [0.1, 0.15) is 12.1 Å². The summed E-state index contributed by atoms with van der Waals surface area (Å²) in [5, 5.41) is 19.9. The van der Waals surface area contributed by atoms with Crippen molar-refractivity contribution in [1.82, 2.24) is 19.7 Å². The number of nitrogens with zero attached hydrogens (tertiary/aromatic N) is 4. The summed E-state index contributed by atoms with van der Waals surface area (Å²) in [7, 11) is 0. The molecule has 0 radical (unpaired) electrons. The Bertz CT molecular complexity index is 594. The number of carboxylic acid groups (broad SMARTS) is 1. The zero-order valence-electron chi connectivity index (χ0n) is 10.8. The van der Waals surface area contributed by atoms with Crippen LogP contribution in [-0.4, -0.2) is 30.8 Å². The topological polar surface area (TPSA) is 92.9 Å². The third kappa shape index (κ3) is 2.87. The van der Waals surface area contributed by atoms with Crippen molar-refractivity contribution in [1.29, 1.82) is 0 Å². The average Bonchev–Trinajstić information content (AvgIpc) is 2.83. The number of pyridine rings is 1. The lowest BCUT2D eigenvalue weighted by atomic mass is 10.2. The molecular weight excluding hydrogens is 246 g/mol. The molecule has 2 aromatic heterocycles.